The monoisotopic (exact) mass is 373 g/mol. The summed E-state index contributed by atoms with van der Waals surface area (Å²) in [5, 5.41) is 13.6. The molecule has 7 heteroatoms. The number of nitrogens with one attached hydrogen (secondary N) is 1. The lowest BCUT2D eigenvalue weighted by atomic mass is 9.91. The van der Waals surface area contributed by atoms with E-state index in [1.807, 2.05) is 36.4 Å². The summed E-state index contributed by atoms with van der Waals surface area (Å²) in [5.41, 5.74) is 6.24. The molecular formula is C19H20ClN3O3. The molecule has 3 rings (SSSR count). The molecule has 0 bridgehead atoms. The molecule has 0 saturated carbocycles. The van der Waals surface area contributed by atoms with E-state index in [4.69, 9.17) is 17.3 Å². The van der Waals surface area contributed by atoms with E-state index in [2.05, 4.69) is 5.32 Å². The SMILES string of the molecule is NC(=O)C1(O)CCN(C(=O)Nc2cccc(-c3cccc(Cl)c3)c2)CC1. The predicted octanol–water partition coefficient (Wildman–Crippen LogP) is 2.85. The fraction of sp³-hybridized carbons (Fsp3) is 0.263. The molecule has 136 valence electrons. The number of likely N-dealkylation sites (tertiary alicyclic amines) is 1. The number of anilines is 1. The molecule has 0 atom stereocenters. The molecule has 1 saturated heterocycles. The topological polar surface area (TPSA) is 95.7 Å². The van der Waals surface area contributed by atoms with E-state index < -0.39 is 11.5 Å². The van der Waals surface area contributed by atoms with E-state index in [9.17, 15) is 14.7 Å². The van der Waals surface area contributed by atoms with Gasteiger partial charge < -0.3 is 21.1 Å². The summed E-state index contributed by atoms with van der Waals surface area (Å²) in [4.78, 5) is 25.3. The molecule has 1 aliphatic heterocycles. The van der Waals surface area contributed by atoms with Crippen LogP contribution in [0, 0.1) is 0 Å². The second-order valence-electron chi connectivity index (χ2n) is 6.40. The number of hydrogen-bond donors (Lipinski definition) is 3. The Morgan fingerprint density at radius 2 is 1.69 bits per heavy atom. The van der Waals surface area contributed by atoms with Crippen LogP contribution in [0.15, 0.2) is 48.5 Å². The van der Waals surface area contributed by atoms with Gasteiger partial charge in [0.2, 0.25) is 5.91 Å². The van der Waals surface area contributed by atoms with Gasteiger partial charge in [-0.05, 0) is 35.4 Å². The number of piperidine rings is 1. The fourth-order valence-electron chi connectivity index (χ4n) is 2.97. The zero-order valence-corrected chi connectivity index (χ0v) is 14.9. The predicted molar refractivity (Wildman–Crippen MR) is 101 cm³/mol. The molecule has 0 aliphatic carbocycles. The molecule has 0 spiro atoms. The number of halogens is 1. The molecule has 0 unspecified atom stereocenters. The van der Waals surface area contributed by atoms with Gasteiger partial charge in [-0.25, -0.2) is 4.79 Å². The lowest BCUT2D eigenvalue weighted by molar-refractivity contribution is -0.140. The van der Waals surface area contributed by atoms with Crippen molar-refractivity contribution in [3.05, 3.63) is 53.6 Å². The largest absolute Gasteiger partial charge is 0.380 e. The third kappa shape index (κ3) is 3.98. The first-order valence-corrected chi connectivity index (χ1v) is 8.69. The second kappa shape index (κ2) is 7.35. The number of carbonyl (C=O) groups excluding carboxylic acids is 2. The molecule has 0 aromatic heterocycles. The van der Waals surface area contributed by atoms with Gasteiger partial charge in [0.1, 0.15) is 5.60 Å². The minimum Gasteiger partial charge on any atom is -0.380 e. The number of rotatable bonds is 3. The first-order valence-electron chi connectivity index (χ1n) is 8.32. The van der Waals surface area contributed by atoms with Crippen molar-refractivity contribution in [3.63, 3.8) is 0 Å². The standard InChI is InChI=1S/C19H20ClN3O3/c20-15-5-1-3-13(11-15)14-4-2-6-16(12-14)22-18(25)23-9-7-19(26,8-10-23)17(21)24/h1-6,11-12,26H,7-10H2,(H2,21,24)(H,22,25). The number of benzene rings is 2. The van der Waals surface area contributed by atoms with Crippen LogP contribution in [-0.2, 0) is 4.79 Å². The van der Waals surface area contributed by atoms with Gasteiger partial charge in [0.25, 0.3) is 0 Å². The van der Waals surface area contributed by atoms with Crippen molar-refractivity contribution in [2.24, 2.45) is 5.73 Å². The molecule has 0 radical (unpaired) electrons. The van der Waals surface area contributed by atoms with Gasteiger partial charge in [-0.3, -0.25) is 4.79 Å². The highest BCUT2D eigenvalue weighted by Crippen LogP contribution is 2.26. The van der Waals surface area contributed by atoms with Crippen LogP contribution in [0.5, 0.6) is 0 Å². The summed E-state index contributed by atoms with van der Waals surface area (Å²) < 4.78 is 0. The average molecular weight is 374 g/mol. The van der Waals surface area contributed by atoms with E-state index >= 15 is 0 Å². The van der Waals surface area contributed by atoms with Gasteiger partial charge >= 0.3 is 6.03 Å². The summed E-state index contributed by atoms with van der Waals surface area (Å²) >= 11 is 6.04. The number of amides is 3. The highest BCUT2D eigenvalue weighted by Gasteiger charge is 2.38. The smallest absolute Gasteiger partial charge is 0.321 e. The molecule has 3 amide bonds. The quantitative estimate of drug-likeness (QED) is 0.771. The van der Waals surface area contributed by atoms with Crippen LogP contribution in [0.2, 0.25) is 5.02 Å². The Morgan fingerprint density at radius 3 is 2.31 bits per heavy atom. The lowest BCUT2D eigenvalue weighted by Crippen LogP contribution is -2.54. The van der Waals surface area contributed by atoms with Gasteiger partial charge in [-0.2, -0.15) is 0 Å². The Hall–Kier alpha value is -2.57. The van der Waals surface area contributed by atoms with Crippen molar-refractivity contribution in [2.45, 2.75) is 18.4 Å². The molecule has 6 nitrogen and oxygen atoms in total. The second-order valence-corrected chi connectivity index (χ2v) is 6.84. The average Bonchev–Trinajstić information content (AvgIpc) is 2.62. The van der Waals surface area contributed by atoms with Crippen LogP contribution in [0.4, 0.5) is 10.5 Å². The van der Waals surface area contributed by atoms with E-state index in [-0.39, 0.29) is 32.0 Å². The molecule has 1 aliphatic rings. The number of nitrogens with two attached hydrogens (primary N) is 1. The van der Waals surface area contributed by atoms with Gasteiger partial charge in [0.05, 0.1) is 0 Å². The lowest BCUT2D eigenvalue weighted by Gasteiger charge is -2.35. The number of carbonyl (C=O) groups is 2. The number of urea groups is 1. The number of hydrogen-bond acceptors (Lipinski definition) is 3. The number of primary amides is 1. The zero-order chi connectivity index (χ0) is 18.7. The Labute approximate surface area is 156 Å². The maximum Gasteiger partial charge on any atom is 0.321 e. The summed E-state index contributed by atoms with van der Waals surface area (Å²) in [5.74, 6) is -0.744. The fourth-order valence-corrected chi connectivity index (χ4v) is 3.16. The van der Waals surface area contributed by atoms with Crippen LogP contribution in [0.1, 0.15) is 12.8 Å². The molecule has 1 heterocycles. The number of aliphatic hydroxyl groups is 1. The Balaban J connectivity index is 1.67. The van der Waals surface area contributed by atoms with E-state index in [0.717, 1.165) is 11.1 Å². The summed E-state index contributed by atoms with van der Waals surface area (Å²) in [7, 11) is 0. The van der Waals surface area contributed by atoms with Gasteiger partial charge in [0.15, 0.2) is 0 Å². The first kappa shape index (κ1) is 18.2. The third-order valence-electron chi connectivity index (χ3n) is 4.61. The van der Waals surface area contributed by atoms with Gasteiger partial charge in [-0.15, -0.1) is 0 Å². The minimum atomic E-state index is -1.52. The maximum absolute atomic E-state index is 12.4. The Kier molecular flexibility index (Phi) is 5.15. The Bertz CT molecular complexity index is 832. The maximum atomic E-state index is 12.4. The molecule has 4 N–H and O–H groups in total. The summed E-state index contributed by atoms with van der Waals surface area (Å²) in [6, 6.07) is 14.7. The van der Waals surface area contributed by atoms with Crippen LogP contribution in [0.25, 0.3) is 11.1 Å². The van der Waals surface area contributed by atoms with Crippen molar-refractivity contribution < 1.29 is 14.7 Å². The zero-order valence-electron chi connectivity index (χ0n) is 14.1. The highest BCUT2D eigenvalue weighted by atomic mass is 35.5. The summed E-state index contributed by atoms with van der Waals surface area (Å²) in [6.07, 6.45) is 0.274. The highest BCUT2D eigenvalue weighted by molar-refractivity contribution is 6.30. The molecule has 26 heavy (non-hydrogen) atoms. The third-order valence-corrected chi connectivity index (χ3v) is 4.84. The summed E-state index contributed by atoms with van der Waals surface area (Å²) in [6.45, 7) is 0.526. The van der Waals surface area contributed by atoms with Crippen LogP contribution in [0.3, 0.4) is 0 Å². The van der Waals surface area contributed by atoms with Crippen molar-refractivity contribution >= 4 is 29.2 Å². The van der Waals surface area contributed by atoms with E-state index in [1.54, 1.807) is 17.0 Å². The van der Waals surface area contributed by atoms with Crippen molar-refractivity contribution in [2.75, 3.05) is 18.4 Å². The Morgan fingerprint density at radius 1 is 1.08 bits per heavy atom. The van der Waals surface area contributed by atoms with E-state index in [1.165, 1.54) is 0 Å². The minimum absolute atomic E-state index is 0.137. The van der Waals surface area contributed by atoms with Crippen LogP contribution >= 0.6 is 11.6 Å². The molecule has 1 fully saturated rings. The first-order chi connectivity index (χ1) is 12.4. The normalized spacial score (nSPS) is 16.2. The molecular weight excluding hydrogens is 354 g/mol. The van der Waals surface area contributed by atoms with Gasteiger partial charge in [0, 0.05) is 36.6 Å². The number of nitrogens with zero attached hydrogens (tertiary/aromatic N) is 1. The van der Waals surface area contributed by atoms with Gasteiger partial charge in [-0.1, -0.05) is 35.9 Å². The van der Waals surface area contributed by atoms with E-state index in [0.29, 0.717) is 10.7 Å². The molecule has 2 aromatic carbocycles. The van der Waals surface area contributed by atoms with Crippen molar-refractivity contribution in [3.8, 4) is 11.1 Å². The van der Waals surface area contributed by atoms with Crippen molar-refractivity contribution in [1.29, 1.82) is 0 Å². The van der Waals surface area contributed by atoms with Crippen LogP contribution in [-0.4, -0.2) is 40.6 Å². The van der Waals surface area contributed by atoms with Crippen molar-refractivity contribution in [1.82, 2.24) is 4.90 Å². The molecule has 2 aromatic rings. The van der Waals surface area contributed by atoms with Crippen LogP contribution < -0.4 is 11.1 Å².